The second kappa shape index (κ2) is 10.8. The first-order valence-corrected chi connectivity index (χ1v) is 15.1. The lowest BCUT2D eigenvalue weighted by atomic mass is 9.99. The fourth-order valence-corrected chi connectivity index (χ4v) is 6.60. The van der Waals surface area contributed by atoms with Gasteiger partial charge in [0.25, 0.3) is 0 Å². The van der Waals surface area contributed by atoms with Gasteiger partial charge in [-0.15, -0.1) is 11.3 Å². The smallest absolute Gasteiger partial charge is 0.160 e. The van der Waals surface area contributed by atoms with Crippen LogP contribution in [0.3, 0.4) is 0 Å². The lowest BCUT2D eigenvalue weighted by molar-refractivity contribution is 1.18. The van der Waals surface area contributed by atoms with Crippen LogP contribution in [0.2, 0.25) is 0 Å². The van der Waals surface area contributed by atoms with E-state index in [-0.39, 0.29) is 0 Å². The van der Waals surface area contributed by atoms with Gasteiger partial charge in [0.05, 0.1) is 21.6 Å². The van der Waals surface area contributed by atoms with Gasteiger partial charge in [0.2, 0.25) is 0 Å². The van der Waals surface area contributed by atoms with Crippen molar-refractivity contribution in [2.45, 2.75) is 0 Å². The molecule has 2 aromatic heterocycles. The number of aromatic nitrogens is 3. The molecular weight excluding hydrogens is 543 g/mol. The molecule has 0 radical (unpaired) electrons. The van der Waals surface area contributed by atoms with Crippen LogP contribution in [0.5, 0.6) is 0 Å². The van der Waals surface area contributed by atoms with Gasteiger partial charge < -0.3 is 0 Å². The monoisotopic (exact) mass is 567 g/mol. The number of hydrogen-bond donors (Lipinski definition) is 0. The Kier molecular flexibility index (Phi) is 6.32. The van der Waals surface area contributed by atoms with Gasteiger partial charge in [-0.2, -0.15) is 0 Å². The number of fused-ring (bicyclic) bond motifs is 3. The Morgan fingerprint density at radius 1 is 0.395 bits per heavy atom. The van der Waals surface area contributed by atoms with E-state index in [0.29, 0.717) is 5.82 Å². The van der Waals surface area contributed by atoms with Crippen molar-refractivity contribution in [3.63, 3.8) is 0 Å². The Morgan fingerprint density at radius 3 is 1.58 bits per heavy atom. The molecule has 0 aliphatic rings. The van der Waals surface area contributed by atoms with Crippen LogP contribution in [0.25, 0.3) is 76.6 Å². The van der Waals surface area contributed by atoms with Crippen LogP contribution in [-0.2, 0) is 0 Å². The zero-order chi connectivity index (χ0) is 28.6. The minimum Gasteiger partial charge on any atom is -0.236 e. The quantitative estimate of drug-likeness (QED) is 0.208. The molecule has 202 valence electrons. The maximum absolute atomic E-state index is 4.98. The predicted octanol–water partition coefficient (Wildman–Crippen LogP) is 10.6. The van der Waals surface area contributed by atoms with Crippen LogP contribution in [0.1, 0.15) is 0 Å². The van der Waals surface area contributed by atoms with Gasteiger partial charge >= 0.3 is 0 Å². The third-order valence-electron chi connectivity index (χ3n) is 7.73. The molecule has 0 bridgehead atoms. The number of rotatable bonds is 5. The SMILES string of the molecule is c1ccc(-c2cc(-c3ccccc3)nc(-c3ccc(-c4ccc5c(ccc6nc(-c7ccccc7)sc65)c4)cc3)n2)cc1. The van der Waals surface area contributed by atoms with E-state index in [1.165, 1.54) is 21.0 Å². The predicted molar refractivity (Wildman–Crippen MR) is 180 cm³/mol. The first-order chi connectivity index (χ1) is 21.3. The Balaban J connectivity index is 1.15. The van der Waals surface area contributed by atoms with Crippen molar-refractivity contribution in [2.24, 2.45) is 0 Å². The van der Waals surface area contributed by atoms with Gasteiger partial charge in [-0.3, -0.25) is 0 Å². The summed E-state index contributed by atoms with van der Waals surface area (Å²) in [6, 6.07) is 52.6. The first-order valence-electron chi connectivity index (χ1n) is 14.3. The molecule has 8 rings (SSSR count). The number of nitrogens with zero attached hydrogens (tertiary/aromatic N) is 3. The van der Waals surface area contributed by atoms with Gasteiger partial charge in [0.15, 0.2) is 5.82 Å². The summed E-state index contributed by atoms with van der Waals surface area (Å²) in [6.45, 7) is 0. The van der Waals surface area contributed by atoms with Crippen molar-refractivity contribution in [1.82, 2.24) is 15.0 Å². The van der Waals surface area contributed by atoms with Crippen molar-refractivity contribution >= 4 is 32.3 Å². The van der Waals surface area contributed by atoms with E-state index in [1.54, 1.807) is 11.3 Å². The van der Waals surface area contributed by atoms with Crippen molar-refractivity contribution in [3.05, 3.63) is 152 Å². The lowest BCUT2D eigenvalue weighted by Gasteiger charge is -2.10. The van der Waals surface area contributed by atoms with Crippen LogP contribution >= 0.6 is 11.3 Å². The normalized spacial score (nSPS) is 11.3. The zero-order valence-corrected chi connectivity index (χ0v) is 24.0. The van der Waals surface area contributed by atoms with E-state index in [4.69, 9.17) is 15.0 Å². The molecule has 0 saturated heterocycles. The van der Waals surface area contributed by atoms with Gasteiger partial charge in [-0.1, -0.05) is 133 Å². The Hall–Kier alpha value is -5.45. The van der Waals surface area contributed by atoms with Crippen molar-refractivity contribution < 1.29 is 0 Å². The van der Waals surface area contributed by atoms with Crippen LogP contribution in [0.15, 0.2) is 152 Å². The largest absolute Gasteiger partial charge is 0.236 e. The molecule has 0 atom stereocenters. The van der Waals surface area contributed by atoms with Gasteiger partial charge in [-0.25, -0.2) is 15.0 Å². The summed E-state index contributed by atoms with van der Waals surface area (Å²) < 4.78 is 1.22. The minimum atomic E-state index is 0.715. The molecule has 0 spiro atoms. The summed E-state index contributed by atoms with van der Waals surface area (Å²) in [5, 5.41) is 3.50. The lowest BCUT2D eigenvalue weighted by Crippen LogP contribution is -1.95. The molecule has 0 amide bonds. The number of hydrogen-bond acceptors (Lipinski definition) is 4. The van der Waals surface area contributed by atoms with Gasteiger partial charge in [0.1, 0.15) is 5.01 Å². The number of thiazole rings is 1. The van der Waals surface area contributed by atoms with Crippen LogP contribution in [0, 0.1) is 0 Å². The molecule has 8 aromatic rings. The van der Waals surface area contributed by atoms with Crippen molar-refractivity contribution in [2.75, 3.05) is 0 Å². The molecule has 4 heteroatoms. The standard InChI is InChI=1S/C39H25N3S/c1-4-10-27(11-5-1)35-25-36(28-12-6-2-7-13-28)41-38(40-35)29-18-16-26(17-19-29)31-20-22-33-32(24-31)21-23-34-37(33)43-39(42-34)30-14-8-3-9-15-30/h1-25H. The molecule has 0 fully saturated rings. The summed E-state index contributed by atoms with van der Waals surface area (Å²) in [4.78, 5) is 14.9. The van der Waals surface area contributed by atoms with E-state index in [2.05, 4.69) is 109 Å². The molecule has 2 heterocycles. The Morgan fingerprint density at radius 2 is 0.953 bits per heavy atom. The number of benzene rings is 6. The van der Waals surface area contributed by atoms with Gasteiger partial charge in [-0.05, 0) is 34.7 Å². The van der Waals surface area contributed by atoms with E-state index in [9.17, 15) is 0 Å². The third kappa shape index (κ3) is 4.88. The highest BCUT2D eigenvalue weighted by Crippen LogP contribution is 2.37. The maximum atomic E-state index is 4.98. The molecular formula is C39H25N3S. The fraction of sp³-hybridized carbons (Fsp3) is 0. The van der Waals surface area contributed by atoms with Gasteiger partial charge in [0, 0.05) is 27.6 Å². The molecule has 6 aromatic carbocycles. The topological polar surface area (TPSA) is 38.7 Å². The fourth-order valence-electron chi connectivity index (χ4n) is 5.50. The van der Waals surface area contributed by atoms with Crippen molar-refractivity contribution in [3.8, 4) is 55.6 Å². The molecule has 3 nitrogen and oxygen atoms in total. The second-order valence-corrected chi connectivity index (χ2v) is 11.5. The highest BCUT2D eigenvalue weighted by molar-refractivity contribution is 7.22. The van der Waals surface area contributed by atoms with E-state index >= 15 is 0 Å². The molecule has 0 unspecified atom stereocenters. The summed E-state index contributed by atoms with van der Waals surface area (Å²) in [6.07, 6.45) is 0. The summed E-state index contributed by atoms with van der Waals surface area (Å²) in [7, 11) is 0. The highest BCUT2D eigenvalue weighted by atomic mass is 32.1. The third-order valence-corrected chi connectivity index (χ3v) is 8.89. The van der Waals surface area contributed by atoms with Crippen molar-refractivity contribution in [1.29, 1.82) is 0 Å². The van der Waals surface area contributed by atoms with Crippen LogP contribution in [-0.4, -0.2) is 15.0 Å². The molecule has 43 heavy (non-hydrogen) atoms. The molecule has 0 aliphatic carbocycles. The van der Waals surface area contributed by atoms with Crippen LogP contribution in [0.4, 0.5) is 0 Å². The van der Waals surface area contributed by atoms with E-state index in [1.807, 2.05) is 42.5 Å². The minimum absolute atomic E-state index is 0.715. The summed E-state index contributed by atoms with van der Waals surface area (Å²) in [5.41, 5.74) is 9.48. The summed E-state index contributed by atoms with van der Waals surface area (Å²) in [5.74, 6) is 0.715. The Bertz CT molecular complexity index is 2150. The molecule has 0 saturated carbocycles. The first kappa shape index (κ1) is 25.3. The van der Waals surface area contributed by atoms with Crippen LogP contribution < -0.4 is 0 Å². The van der Waals surface area contributed by atoms with E-state index < -0.39 is 0 Å². The average molecular weight is 568 g/mol. The highest BCUT2D eigenvalue weighted by Gasteiger charge is 2.12. The average Bonchev–Trinajstić information content (AvgIpc) is 3.54. The molecule has 0 N–H and O–H groups in total. The maximum Gasteiger partial charge on any atom is 0.160 e. The Labute approximate surface area is 253 Å². The zero-order valence-electron chi connectivity index (χ0n) is 23.2. The summed E-state index contributed by atoms with van der Waals surface area (Å²) >= 11 is 1.76. The second-order valence-electron chi connectivity index (χ2n) is 10.5. The molecule has 0 aliphatic heterocycles. The van der Waals surface area contributed by atoms with E-state index in [0.717, 1.165) is 49.7 Å².